The molecule has 0 radical (unpaired) electrons. The summed E-state index contributed by atoms with van der Waals surface area (Å²) in [5, 5.41) is 3.57. The molecule has 2 heterocycles. The van der Waals surface area contributed by atoms with Gasteiger partial charge in [-0.05, 0) is 37.8 Å². The molecule has 5 heteroatoms. The molecule has 1 N–H and O–H groups in total. The van der Waals surface area contributed by atoms with Crippen LogP contribution in [0.3, 0.4) is 0 Å². The van der Waals surface area contributed by atoms with Gasteiger partial charge >= 0.3 is 0 Å². The first-order chi connectivity index (χ1) is 9.33. The van der Waals surface area contributed by atoms with Gasteiger partial charge in [0.15, 0.2) is 5.13 Å². The molecule has 0 fully saturated rings. The molecule has 2 aromatic heterocycles. The van der Waals surface area contributed by atoms with E-state index >= 15 is 0 Å². The molecule has 1 aliphatic carbocycles. The zero-order valence-electron chi connectivity index (χ0n) is 10.6. The third-order valence-electron chi connectivity index (χ3n) is 3.24. The van der Waals surface area contributed by atoms with Crippen LogP contribution < -0.4 is 5.32 Å². The van der Waals surface area contributed by atoms with Gasteiger partial charge < -0.3 is 0 Å². The summed E-state index contributed by atoms with van der Waals surface area (Å²) in [7, 11) is 0. The molecule has 3 rings (SSSR count). The predicted octanol–water partition coefficient (Wildman–Crippen LogP) is 3.06. The van der Waals surface area contributed by atoms with Crippen molar-refractivity contribution >= 4 is 22.4 Å². The van der Waals surface area contributed by atoms with Gasteiger partial charge in [0.05, 0.1) is 11.3 Å². The Labute approximate surface area is 115 Å². The van der Waals surface area contributed by atoms with Gasteiger partial charge in [-0.25, -0.2) is 4.98 Å². The van der Waals surface area contributed by atoms with Crippen molar-refractivity contribution in [3.05, 3.63) is 40.7 Å². The number of nitrogens with zero attached hydrogens (tertiary/aromatic N) is 2. The summed E-state index contributed by atoms with van der Waals surface area (Å²) in [6, 6.07) is 3.51. The highest BCUT2D eigenvalue weighted by Crippen LogP contribution is 2.29. The molecule has 0 saturated heterocycles. The van der Waals surface area contributed by atoms with Gasteiger partial charge in [0.1, 0.15) is 0 Å². The highest BCUT2D eigenvalue weighted by Gasteiger charge is 2.15. The summed E-state index contributed by atoms with van der Waals surface area (Å²) in [5.74, 6) is -0.142. The van der Waals surface area contributed by atoms with E-state index in [-0.39, 0.29) is 5.91 Å². The second-order valence-electron chi connectivity index (χ2n) is 4.65. The van der Waals surface area contributed by atoms with Crippen molar-refractivity contribution in [3.63, 3.8) is 0 Å². The first-order valence-corrected chi connectivity index (χ1v) is 7.34. The van der Waals surface area contributed by atoms with Crippen LogP contribution in [0.5, 0.6) is 0 Å². The average molecular weight is 273 g/mol. The number of nitrogens with one attached hydrogen (secondary N) is 1. The Morgan fingerprint density at radius 3 is 3.00 bits per heavy atom. The second kappa shape index (κ2) is 5.48. The Kier molecular flexibility index (Phi) is 3.55. The van der Waals surface area contributed by atoms with E-state index in [0.717, 1.165) is 12.8 Å². The number of thiazole rings is 1. The smallest absolute Gasteiger partial charge is 0.259 e. The summed E-state index contributed by atoms with van der Waals surface area (Å²) < 4.78 is 0. The number of aromatic nitrogens is 2. The molecule has 1 amide bonds. The lowest BCUT2D eigenvalue weighted by Crippen LogP contribution is -2.11. The molecule has 4 nitrogen and oxygen atoms in total. The van der Waals surface area contributed by atoms with E-state index in [1.807, 2.05) is 0 Å². The highest BCUT2D eigenvalue weighted by atomic mass is 32.1. The minimum absolute atomic E-state index is 0.142. The summed E-state index contributed by atoms with van der Waals surface area (Å²) in [4.78, 5) is 21.8. The van der Waals surface area contributed by atoms with Crippen molar-refractivity contribution in [1.29, 1.82) is 0 Å². The number of carbonyl (C=O) groups is 1. The third-order valence-corrected chi connectivity index (χ3v) is 4.31. The summed E-state index contributed by atoms with van der Waals surface area (Å²) in [6.07, 6.45) is 9.05. The van der Waals surface area contributed by atoms with E-state index in [1.54, 1.807) is 35.9 Å². The minimum atomic E-state index is -0.142. The van der Waals surface area contributed by atoms with Gasteiger partial charge in [-0.15, -0.1) is 11.3 Å². The summed E-state index contributed by atoms with van der Waals surface area (Å²) in [6.45, 7) is 0. The molecule has 0 spiro atoms. The lowest BCUT2D eigenvalue weighted by molar-refractivity contribution is 0.102. The molecular formula is C14H15N3OS. The number of pyridine rings is 1. The van der Waals surface area contributed by atoms with Crippen molar-refractivity contribution < 1.29 is 4.79 Å². The number of hydrogen-bond acceptors (Lipinski definition) is 4. The van der Waals surface area contributed by atoms with Gasteiger partial charge in [0.2, 0.25) is 0 Å². The molecule has 1 aliphatic rings. The predicted molar refractivity (Wildman–Crippen MR) is 75.6 cm³/mol. The van der Waals surface area contributed by atoms with Gasteiger partial charge in [-0.3, -0.25) is 15.1 Å². The molecule has 0 aromatic carbocycles. The first kappa shape index (κ1) is 12.3. The Hall–Kier alpha value is -1.75. The quantitative estimate of drug-likeness (QED) is 0.856. The Morgan fingerprint density at radius 1 is 1.26 bits per heavy atom. The van der Waals surface area contributed by atoms with Crippen molar-refractivity contribution in [2.24, 2.45) is 0 Å². The second-order valence-corrected chi connectivity index (χ2v) is 5.73. The summed E-state index contributed by atoms with van der Waals surface area (Å²) in [5.41, 5.74) is 1.73. The van der Waals surface area contributed by atoms with Gasteiger partial charge in [-0.2, -0.15) is 0 Å². The van der Waals surface area contributed by atoms with Crippen LogP contribution >= 0.6 is 11.3 Å². The zero-order valence-corrected chi connectivity index (χ0v) is 11.4. The van der Waals surface area contributed by atoms with Crippen molar-refractivity contribution in [2.75, 3.05) is 5.32 Å². The number of rotatable bonds is 2. The van der Waals surface area contributed by atoms with Crippen LogP contribution in [0.25, 0.3) is 0 Å². The molecule has 0 unspecified atom stereocenters. The van der Waals surface area contributed by atoms with Crippen molar-refractivity contribution in [1.82, 2.24) is 9.97 Å². The normalized spacial score (nSPS) is 14.5. The van der Waals surface area contributed by atoms with E-state index < -0.39 is 0 Å². The number of aryl methyl sites for hydroxylation is 2. The van der Waals surface area contributed by atoms with Crippen molar-refractivity contribution in [2.45, 2.75) is 32.1 Å². The number of carbonyl (C=O) groups excluding carboxylic acids is 1. The molecule has 0 saturated carbocycles. The van der Waals surface area contributed by atoms with E-state index in [0.29, 0.717) is 10.7 Å². The maximum absolute atomic E-state index is 12.0. The number of anilines is 1. The first-order valence-electron chi connectivity index (χ1n) is 6.53. The fourth-order valence-corrected chi connectivity index (χ4v) is 3.29. The third kappa shape index (κ3) is 2.81. The Bertz CT molecular complexity index is 556. The topological polar surface area (TPSA) is 54.9 Å². The average Bonchev–Trinajstić information content (AvgIpc) is 2.69. The number of hydrogen-bond donors (Lipinski definition) is 1. The molecule has 98 valence electrons. The molecule has 0 atom stereocenters. The molecule has 2 aromatic rings. The van der Waals surface area contributed by atoms with E-state index in [9.17, 15) is 4.79 Å². The standard InChI is InChI=1S/C14H15N3OS/c18-13(10-5-4-8-15-9-10)17-14-16-11-6-2-1-3-7-12(11)19-14/h4-5,8-9H,1-3,6-7H2,(H,16,17,18). The number of fused-ring (bicyclic) bond motifs is 1. The highest BCUT2D eigenvalue weighted by molar-refractivity contribution is 7.15. The maximum Gasteiger partial charge on any atom is 0.259 e. The largest absolute Gasteiger partial charge is 0.298 e. The van der Waals surface area contributed by atoms with E-state index in [4.69, 9.17) is 0 Å². The minimum Gasteiger partial charge on any atom is -0.298 e. The van der Waals surface area contributed by atoms with Crippen LogP contribution in [0.4, 0.5) is 5.13 Å². The van der Waals surface area contributed by atoms with Crippen LogP contribution in [0, 0.1) is 0 Å². The molecular weight excluding hydrogens is 258 g/mol. The summed E-state index contributed by atoms with van der Waals surface area (Å²) >= 11 is 1.61. The van der Waals surface area contributed by atoms with Crippen molar-refractivity contribution in [3.8, 4) is 0 Å². The fourth-order valence-electron chi connectivity index (χ4n) is 2.25. The molecule has 19 heavy (non-hydrogen) atoms. The zero-order chi connectivity index (χ0) is 13.1. The number of amides is 1. The SMILES string of the molecule is O=C(Nc1nc2c(s1)CCCCC2)c1cccnc1. The Morgan fingerprint density at radius 2 is 2.16 bits per heavy atom. The fraction of sp³-hybridized carbons (Fsp3) is 0.357. The van der Waals surface area contributed by atoms with E-state index in [1.165, 1.54) is 29.8 Å². The van der Waals surface area contributed by atoms with Crippen LogP contribution in [0.15, 0.2) is 24.5 Å². The van der Waals surface area contributed by atoms with Gasteiger partial charge in [0, 0.05) is 17.3 Å². The van der Waals surface area contributed by atoms with Crippen LogP contribution in [-0.2, 0) is 12.8 Å². The lowest BCUT2D eigenvalue weighted by atomic mass is 10.2. The van der Waals surface area contributed by atoms with Crippen LogP contribution in [-0.4, -0.2) is 15.9 Å². The van der Waals surface area contributed by atoms with Crippen LogP contribution in [0.2, 0.25) is 0 Å². The molecule has 0 aliphatic heterocycles. The van der Waals surface area contributed by atoms with Crippen LogP contribution in [0.1, 0.15) is 40.2 Å². The molecule has 0 bridgehead atoms. The Balaban J connectivity index is 1.75. The lowest BCUT2D eigenvalue weighted by Gasteiger charge is -2.00. The maximum atomic E-state index is 12.0. The van der Waals surface area contributed by atoms with Gasteiger partial charge in [-0.1, -0.05) is 6.42 Å². The van der Waals surface area contributed by atoms with Gasteiger partial charge in [0.25, 0.3) is 5.91 Å². The van der Waals surface area contributed by atoms with E-state index in [2.05, 4.69) is 15.3 Å². The monoisotopic (exact) mass is 273 g/mol.